The van der Waals surface area contributed by atoms with Crippen molar-refractivity contribution in [3.05, 3.63) is 53.2 Å². The predicted octanol–water partition coefficient (Wildman–Crippen LogP) is 5.34. The highest BCUT2D eigenvalue weighted by Gasteiger charge is 2.11. The molecular weight excluding hydrogens is 242 g/mol. The normalized spacial score (nSPS) is 19.6. The molecule has 0 radical (unpaired) electrons. The van der Waals surface area contributed by atoms with Crippen molar-refractivity contribution in [1.82, 2.24) is 4.98 Å². The van der Waals surface area contributed by atoms with Gasteiger partial charge in [0.05, 0.1) is 5.69 Å². The fourth-order valence-corrected chi connectivity index (χ4v) is 1.76. The highest BCUT2D eigenvalue weighted by molar-refractivity contribution is 5.60. The summed E-state index contributed by atoms with van der Waals surface area (Å²) in [4.78, 5) is 4.28. The van der Waals surface area contributed by atoms with Gasteiger partial charge in [-0.25, -0.2) is 0 Å². The molecule has 1 heteroatoms. The molecule has 0 saturated heterocycles. The number of hydrogen-bond donors (Lipinski definition) is 0. The first-order valence-corrected chi connectivity index (χ1v) is 6.63. The monoisotopic (exact) mass is 275 g/mol. The molecule has 1 aromatic carbocycles. The minimum absolute atomic E-state index is 0.0605. The van der Waals surface area contributed by atoms with Gasteiger partial charge in [-0.05, 0) is 49.1 Å². The molecule has 0 unspecified atom stereocenters. The van der Waals surface area contributed by atoms with Crippen LogP contribution in [0.15, 0.2) is 36.5 Å². The van der Waals surface area contributed by atoms with Crippen molar-refractivity contribution in [2.24, 2.45) is 5.41 Å². The maximum absolute atomic E-state index is 8.43. The third kappa shape index (κ3) is 3.93. The molecule has 0 N–H and O–H groups in total. The van der Waals surface area contributed by atoms with Crippen molar-refractivity contribution in [2.75, 3.05) is 0 Å². The van der Waals surface area contributed by atoms with E-state index >= 15 is 0 Å². The lowest BCUT2D eigenvalue weighted by Crippen LogP contribution is -2.07. The van der Waals surface area contributed by atoms with Crippen LogP contribution in [0.25, 0.3) is 11.3 Å². The minimum Gasteiger partial charge on any atom is -0.256 e. The third-order valence-electron chi connectivity index (χ3n) is 2.89. The summed E-state index contributed by atoms with van der Waals surface area (Å²) in [6, 6.07) is 7.47. The lowest BCUT2D eigenvalue weighted by Gasteiger charge is -2.18. The summed E-state index contributed by atoms with van der Waals surface area (Å²) in [5, 5.41) is 0. The Hall–Kier alpha value is -1.63. The molecule has 1 heterocycles. The topological polar surface area (TPSA) is 12.9 Å². The van der Waals surface area contributed by atoms with Gasteiger partial charge in [-0.15, -0.1) is 0 Å². The molecule has 1 nitrogen and oxygen atoms in total. The SMILES string of the molecule is [2H]C([2H])([2H])c1ccc(-c2cc(C([2H])([2H])[2H])c(C([2H])([2H])CC(C)(C)C)cn2)cc1. The second-order valence-electron chi connectivity index (χ2n) is 6.11. The van der Waals surface area contributed by atoms with Gasteiger partial charge in [0.1, 0.15) is 0 Å². The van der Waals surface area contributed by atoms with E-state index in [2.05, 4.69) is 4.98 Å². The van der Waals surface area contributed by atoms with E-state index in [1.54, 1.807) is 12.1 Å². The number of hydrogen-bond acceptors (Lipinski definition) is 1. The maximum Gasteiger partial charge on any atom is 0.0704 e. The van der Waals surface area contributed by atoms with E-state index in [1.165, 1.54) is 24.4 Å². The predicted molar refractivity (Wildman–Crippen MR) is 86.9 cm³/mol. The summed E-state index contributed by atoms with van der Waals surface area (Å²) >= 11 is 0. The van der Waals surface area contributed by atoms with Crippen LogP contribution in [-0.4, -0.2) is 4.98 Å². The molecule has 0 atom stereocenters. The number of aryl methyl sites for hydroxylation is 3. The zero-order chi connectivity index (χ0) is 21.5. The Balaban J connectivity index is 2.54. The summed E-state index contributed by atoms with van der Waals surface area (Å²) in [5.41, 5.74) is 0.765. The Morgan fingerprint density at radius 3 is 2.50 bits per heavy atom. The number of nitrogens with zero attached hydrogens (tertiary/aromatic N) is 1. The van der Waals surface area contributed by atoms with Crippen LogP contribution in [0.4, 0.5) is 0 Å². The largest absolute Gasteiger partial charge is 0.256 e. The first kappa shape index (κ1) is 7.40. The summed E-state index contributed by atoms with van der Waals surface area (Å²) < 4.78 is 62.8. The number of aromatic nitrogens is 1. The fraction of sp³-hybridized carbons (Fsp3) is 0.421. The van der Waals surface area contributed by atoms with Crippen molar-refractivity contribution in [1.29, 1.82) is 0 Å². The number of rotatable bonds is 3. The molecule has 0 aliphatic heterocycles. The fourth-order valence-electron chi connectivity index (χ4n) is 1.76. The standard InChI is InChI=1S/C19H25N/c1-14-6-8-16(9-7-14)18-12-15(2)17(13-20-18)10-11-19(3,4)5/h6-9,12-13H,10-11H2,1-5H3/i1D3,2D3,10D2. The summed E-state index contributed by atoms with van der Waals surface area (Å²) in [6.45, 7) is 0.968. The van der Waals surface area contributed by atoms with Gasteiger partial charge in [-0.2, -0.15) is 0 Å². The molecule has 1 aromatic heterocycles. The van der Waals surface area contributed by atoms with Crippen LogP contribution in [0.3, 0.4) is 0 Å². The van der Waals surface area contributed by atoms with E-state index in [1.807, 2.05) is 20.8 Å². The highest BCUT2D eigenvalue weighted by Crippen LogP contribution is 2.24. The summed E-state index contributed by atoms with van der Waals surface area (Å²) in [6.07, 6.45) is -0.406. The van der Waals surface area contributed by atoms with Crippen LogP contribution in [0.1, 0.15) is 54.8 Å². The van der Waals surface area contributed by atoms with E-state index in [9.17, 15) is 0 Å². The lowest BCUT2D eigenvalue weighted by atomic mass is 9.88. The second kappa shape index (κ2) is 5.78. The second-order valence-corrected chi connectivity index (χ2v) is 6.11. The average molecular weight is 275 g/mol. The molecule has 0 fully saturated rings. The van der Waals surface area contributed by atoms with E-state index in [0.29, 0.717) is 11.3 Å². The van der Waals surface area contributed by atoms with E-state index in [4.69, 9.17) is 11.0 Å². The highest BCUT2D eigenvalue weighted by atomic mass is 14.7. The Bertz CT molecular complexity index is 827. The van der Waals surface area contributed by atoms with Crippen molar-refractivity contribution in [3.8, 4) is 11.3 Å². The van der Waals surface area contributed by atoms with Gasteiger partial charge >= 0.3 is 0 Å². The molecule has 0 aliphatic carbocycles. The Kier molecular flexibility index (Phi) is 2.14. The smallest absolute Gasteiger partial charge is 0.0704 e. The summed E-state index contributed by atoms with van der Waals surface area (Å²) in [5.74, 6) is 0. The van der Waals surface area contributed by atoms with Gasteiger partial charge in [0.25, 0.3) is 0 Å². The van der Waals surface area contributed by atoms with Crippen LogP contribution in [-0.2, 0) is 6.37 Å². The van der Waals surface area contributed by atoms with Crippen molar-refractivity contribution in [3.63, 3.8) is 0 Å². The first-order chi connectivity index (χ1) is 12.5. The molecule has 0 amide bonds. The third-order valence-corrected chi connectivity index (χ3v) is 2.89. The van der Waals surface area contributed by atoms with Gasteiger partial charge in [-0.3, -0.25) is 4.98 Å². The van der Waals surface area contributed by atoms with Gasteiger partial charge in [0.2, 0.25) is 0 Å². The van der Waals surface area contributed by atoms with Crippen molar-refractivity contribution >= 4 is 0 Å². The molecule has 0 saturated carbocycles. The van der Waals surface area contributed by atoms with E-state index in [0.717, 1.165) is 0 Å². The lowest BCUT2D eigenvalue weighted by molar-refractivity contribution is 0.378. The molecule has 0 bridgehead atoms. The first-order valence-electron chi connectivity index (χ1n) is 10.6. The summed E-state index contributed by atoms with van der Waals surface area (Å²) in [7, 11) is 0. The Morgan fingerprint density at radius 2 is 1.90 bits per heavy atom. The van der Waals surface area contributed by atoms with Crippen LogP contribution in [0, 0.1) is 19.1 Å². The number of pyridine rings is 1. The number of benzene rings is 1. The average Bonchev–Trinajstić information content (AvgIpc) is 2.50. The van der Waals surface area contributed by atoms with Gasteiger partial charge in [0, 0.05) is 22.7 Å². The Labute approximate surface area is 134 Å². The van der Waals surface area contributed by atoms with Gasteiger partial charge in [0.15, 0.2) is 0 Å². The van der Waals surface area contributed by atoms with E-state index in [-0.39, 0.29) is 28.5 Å². The molecule has 2 rings (SSSR count). The quantitative estimate of drug-likeness (QED) is 0.736. The van der Waals surface area contributed by atoms with Gasteiger partial charge < -0.3 is 0 Å². The molecule has 20 heavy (non-hydrogen) atoms. The zero-order valence-corrected chi connectivity index (χ0v) is 12.1. The molecule has 0 aliphatic rings. The van der Waals surface area contributed by atoms with Crippen molar-refractivity contribution in [2.45, 2.75) is 47.3 Å². The zero-order valence-electron chi connectivity index (χ0n) is 20.1. The van der Waals surface area contributed by atoms with Crippen LogP contribution >= 0.6 is 0 Å². The van der Waals surface area contributed by atoms with Crippen LogP contribution in [0.2, 0.25) is 0 Å². The van der Waals surface area contributed by atoms with Gasteiger partial charge in [-0.1, -0.05) is 50.6 Å². The molecule has 0 spiro atoms. The Morgan fingerprint density at radius 1 is 1.15 bits per heavy atom. The van der Waals surface area contributed by atoms with Crippen molar-refractivity contribution < 1.29 is 11.0 Å². The maximum atomic E-state index is 8.43. The molecule has 106 valence electrons. The van der Waals surface area contributed by atoms with E-state index < -0.39 is 20.1 Å². The van der Waals surface area contributed by atoms with Crippen LogP contribution in [0.5, 0.6) is 0 Å². The minimum atomic E-state index is -2.50. The molecular formula is C19H25N. The van der Waals surface area contributed by atoms with Crippen LogP contribution < -0.4 is 0 Å². The molecule has 2 aromatic rings.